The molecule has 0 bridgehead atoms. The maximum atomic E-state index is 12.7. The van der Waals surface area contributed by atoms with E-state index in [0.29, 0.717) is 36.5 Å². The summed E-state index contributed by atoms with van der Waals surface area (Å²) in [5.41, 5.74) is 1.30. The number of carbonyl (C=O) groups excluding carboxylic acids is 1. The van der Waals surface area contributed by atoms with Gasteiger partial charge in [-0.3, -0.25) is 14.2 Å². The van der Waals surface area contributed by atoms with Crippen molar-refractivity contribution in [2.75, 3.05) is 6.61 Å². The lowest BCUT2D eigenvalue weighted by Crippen LogP contribution is -2.34. The molecule has 0 radical (unpaired) electrons. The zero-order valence-electron chi connectivity index (χ0n) is 15.6. The van der Waals surface area contributed by atoms with Crippen molar-refractivity contribution in [3.8, 4) is 5.75 Å². The van der Waals surface area contributed by atoms with E-state index in [0.717, 1.165) is 11.3 Å². The molecular formula is C19H22N4O4. The van der Waals surface area contributed by atoms with E-state index in [1.54, 1.807) is 6.92 Å². The number of benzene rings is 1. The van der Waals surface area contributed by atoms with Gasteiger partial charge in [0, 0.05) is 13.0 Å². The van der Waals surface area contributed by atoms with Crippen molar-refractivity contribution in [1.82, 2.24) is 20.0 Å². The van der Waals surface area contributed by atoms with Crippen LogP contribution in [0.1, 0.15) is 30.9 Å². The minimum absolute atomic E-state index is 0.105. The number of hydrogen-bond donors (Lipinski definition) is 1. The van der Waals surface area contributed by atoms with Crippen molar-refractivity contribution in [3.05, 3.63) is 51.7 Å². The molecule has 3 aromatic rings. The summed E-state index contributed by atoms with van der Waals surface area (Å²) in [7, 11) is 0. The van der Waals surface area contributed by atoms with Crippen LogP contribution in [-0.4, -0.2) is 27.2 Å². The number of nitrogens with zero attached hydrogens (tertiary/aromatic N) is 3. The van der Waals surface area contributed by atoms with E-state index in [2.05, 4.69) is 15.5 Å². The third-order valence-electron chi connectivity index (χ3n) is 4.19. The lowest BCUT2D eigenvalue weighted by molar-refractivity contribution is -0.121. The second-order valence-corrected chi connectivity index (χ2v) is 6.07. The predicted octanol–water partition coefficient (Wildman–Crippen LogP) is 1.97. The van der Waals surface area contributed by atoms with Crippen LogP contribution >= 0.6 is 0 Å². The first-order valence-corrected chi connectivity index (χ1v) is 8.87. The maximum Gasteiger partial charge on any atom is 0.267 e. The van der Waals surface area contributed by atoms with E-state index < -0.39 is 0 Å². The fraction of sp³-hybridized carbons (Fsp3) is 0.368. The quantitative estimate of drug-likeness (QED) is 0.683. The number of aryl methyl sites for hydroxylation is 2. The number of hydrogen-bond acceptors (Lipinski definition) is 6. The van der Waals surface area contributed by atoms with Gasteiger partial charge in [-0.1, -0.05) is 24.2 Å². The normalized spacial score (nSPS) is 10.9. The topological polar surface area (TPSA) is 99.2 Å². The van der Waals surface area contributed by atoms with Crippen LogP contribution in [0.25, 0.3) is 11.1 Å². The molecule has 2 aromatic heterocycles. The average molecular weight is 370 g/mol. The predicted molar refractivity (Wildman–Crippen MR) is 99.6 cm³/mol. The van der Waals surface area contributed by atoms with Crippen LogP contribution in [0.15, 0.2) is 33.6 Å². The van der Waals surface area contributed by atoms with Gasteiger partial charge in [0.2, 0.25) is 5.91 Å². The van der Waals surface area contributed by atoms with Crippen LogP contribution in [0.5, 0.6) is 5.75 Å². The first kappa shape index (κ1) is 18.6. The number of aromatic nitrogens is 3. The molecule has 0 aliphatic heterocycles. The number of rotatable bonds is 7. The van der Waals surface area contributed by atoms with E-state index in [-0.39, 0.29) is 23.7 Å². The molecule has 27 heavy (non-hydrogen) atoms. The lowest BCUT2D eigenvalue weighted by atomic mass is 10.2. The number of fused-ring (bicyclic) bond motifs is 1. The summed E-state index contributed by atoms with van der Waals surface area (Å²) in [4.78, 5) is 29.4. The Kier molecular flexibility index (Phi) is 5.54. The Bertz CT molecular complexity index is 1000. The monoisotopic (exact) mass is 370 g/mol. The molecule has 0 saturated carbocycles. The van der Waals surface area contributed by atoms with Crippen molar-refractivity contribution in [2.45, 2.75) is 40.3 Å². The lowest BCUT2D eigenvalue weighted by Gasteiger charge is -2.11. The van der Waals surface area contributed by atoms with Crippen molar-refractivity contribution in [3.63, 3.8) is 0 Å². The fourth-order valence-corrected chi connectivity index (χ4v) is 2.81. The number of amides is 1. The number of ether oxygens (including phenoxy) is 1. The Balaban J connectivity index is 1.73. The molecule has 0 saturated heterocycles. The molecule has 0 unspecified atom stereocenters. The molecule has 0 spiro atoms. The van der Waals surface area contributed by atoms with Gasteiger partial charge >= 0.3 is 0 Å². The Morgan fingerprint density at radius 3 is 2.67 bits per heavy atom. The molecule has 1 amide bonds. The average Bonchev–Trinajstić information content (AvgIpc) is 3.04. The van der Waals surface area contributed by atoms with Crippen molar-refractivity contribution < 1.29 is 14.1 Å². The fourth-order valence-electron chi connectivity index (χ4n) is 2.81. The summed E-state index contributed by atoms with van der Waals surface area (Å²) >= 11 is 0. The van der Waals surface area contributed by atoms with E-state index in [4.69, 9.17) is 9.26 Å². The largest absolute Gasteiger partial charge is 0.494 e. The summed E-state index contributed by atoms with van der Waals surface area (Å²) in [6.45, 7) is 6.33. The summed E-state index contributed by atoms with van der Waals surface area (Å²) < 4.78 is 11.9. The van der Waals surface area contributed by atoms with Gasteiger partial charge in [-0.25, -0.2) is 0 Å². The van der Waals surface area contributed by atoms with E-state index >= 15 is 0 Å². The van der Waals surface area contributed by atoms with Gasteiger partial charge in [0.15, 0.2) is 0 Å². The molecule has 0 fully saturated rings. The SMILES string of the molecule is CCOc1ccc(CNC(=O)Cn2c(CC)nc3onc(C)c3c2=O)cc1. The molecule has 0 atom stereocenters. The van der Waals surface area contributed by atoms with Crippen LogP contribution in [0.4, 0.5) is 0 Å². The molecule has 1 aromatic carbocycles. The standard InChI is InChI=1S/C19H22N4O4/c1-4-15-21-18-17(12(3)22-27-18)19(25)23(15)11-16(24)20-10-13-6-8-14(9-7-13)26-5-2/h6-9H,4-5,10-11H2,1-3H3,(H,20,24). The molecule has 1 N–H and O–H groups in total. The van der Waals surface area contributed by atoms with E-state index in [1.165, 1.54) is 4.57 Å². The molecule has 2 heterocycles. The first-order valence-electron chi connectivity index (χ1n) is 8.87. The van der Waals surface area contributed by atoms with Gasteiger partial charge in [-0.15, -0.1) is 0 Å². The molecule has 3 rings (SSSR count). The van der Waals surface area contributed by atoms with Crippen LogP contribution in [-0.2, 0) is 24.3 Å². The minimum atomic E-state index is -0.313. The van der Waals surface area contributed by atoms with Gasteiger partial charge in [-0.05, 0) is 31.5 Å². The molecule has 0 aliphatic carbocycles. The van der Waals surface area contributed by atoms with Crippen LogP contribution in [0.3, 0.4) is 0 Å². The maximum absolute atomic E-state index is 12.7. The Morgan fingerprint density at radius 1 is 1.26 bits per heavy atom. The highest BCUT2D eigenvalue weighted by Crippen LogP contribution is 2.13. The van der Waals surface area contributed by atoms with Crippen molar-refractivity contribution in [2.24, 2.45) is 0 Å². The minimum Gasteiger partial charge on any atom is -0.494 e. The third kappa shape index (κ3) is 3.99. The second kappa shape index (κ2) is 8.03. The smallest absolute Gasteiger partial charge is 0.267 e. The van der Waals surface area contributed by atoms with E-state index in [1.807, 2.05) is 38.1 Å². The van der Waals surface area contributed by atoms with Gasteiger partial charge in [-0.2, -0.15) is 4.98 Å². The van der Waals surface area contributed by atoms with Crippen molar-refractivity contribution >= 4 is 17.0 Å². The highest BCUT2D eigenvalue weighted by Gasteiger charge is 2.17. The highest BCUT2D eigenvalue weighted by molar-refractivity contribution is 5.77. The van der Waals surface area contributed by atoms with Gasteiger partial charge in [0.25, 0.3) is 11.3 Å². The zero-order chi connectivity index (χ0) is 19.4. The highest BCUT2D eigenvalue weighted by atomic mass is 16.5. The van der Waals surface area contributed by atoms with E-state index in [9.17, 15) is 9.59 Å². The first-order chi connectivity index (χ1) is 13.0. The van der Waals surface area contributed by atoms with Crippen LogP contribution in [0, 0.1) is 6.92 Å². The summed E-state index contributed by atoms with van der Waals surface area (Å²) in [6, 6.07) is 7.50. The second-order valence-electron chi connectivity index (χ2n) is 6.07. The zero-order valence-corrected chi connectivity index (χ0v) is 15.6. The Labute approximate surface area is 156 Å². The molecular weight excluding hydrogens is 348 g/mol. The van der Waals surface area contributed by atoms with Crippen LogP contribution < -0.4 is 15.6 Å². The third-order valence-corrected chi connectivity index (χ3v) is 4.19. The molecule has 8 nitrogen and oxygen atoms in total. The Morgan fingerprint density at radius 2 is 2.00 bits per heavy atom. The summed E-state index contributed by atoms with van der Waals surface area (Å²) in [5, 5.41) is 6.93. The van der Waals surface area contributed by atoms with Gasteiger partial charge < -0.3 is 14.6 Å². The van der Waals surface area contributed by atoms with Gasteiger partial charge in [0.1, 0.15) is 23.5 Å². The number of carbonyl (C=O) groups is 1. The molecule has 0 aliphatic rings. The molecule has 8 heteroatoms. The summed E-state index contributed by atoms with van der Waals surface area (Å²) in [5.74, 6) is 1.01. The number of nitrogens with one attached hydrogen (secondary N) is 1. The molecule has 142 valence electrons. The Hall–Kier alpha value is -3.16. The summed E-state index contributed by atoms with van der Waals surface area (Å²) in [6.07, 6.45) is 0.497. The van der Waals surface area contributed by atoms with Crippen molar-refractivity contribution in [1.29, 1.82) is 0 Å². The van der Waals surface area contributed by atoms with Gasteiger partial charge in [0.05, 0.1) is 12.3 Å². The van der Waals surface area contributed by atoms with Crippen LogP contribution in [0.2, 0.25) is 0 Å².